The number of benzene rings is 2. The topological polar surface area (TPSA) is 43.7 Å². The van der Waals surface area contributed by atoms with Gasteiger partial charge in [0.1, 0.15) is 11.4 Å². The summed E-state index contributed by atoms with van der Waals surface area (Å²) in [7, 11) is 0. The molecule has 0 aromatic heterocycles. The summed E-state index contributed by atoms with van der Waals surface area (Å²) in [5.74, 6) is 0.938. The third kappa shape index (κ3) is 3.87. The number of aromatic hydroxyl groups is 1. The maximum Gasteiger partial charge on any atom is 0.115 e. The number of rotatable bonds is 5. The van der Waals surface area contributed by atoms with Crippen molar-refractivity contribution in [3.05, 3.63) is 65.7 Å². The van der Waals surface area contributed by atoms with Gasteiger partial charge in [0.05, 0.1) is 6.10 Å². The van der Waals surface area contributed by atoms with E-state index in [1.54, 1.807) is 24.3 Å². The zero-order chi connectivity index (χ0) is 19.0. The van der Waals surface area contributed by atoms with Gasteiger partial charge in [-0.05, 0) is 54.9 Å². The minimum absolute atomic E-state index is 0.0247. The summed E-state index contributed by atoms with van der Waals surface area (Å²) < 4.78 is 15.4. The molecule has 144 valence electrons. The Bertz CT molecular complexity index is 750. The molecule has 0 radical (unpaired) electrons. The molecule has 2 N–H and O–H groups in total. The van der Waals surface area contributed by atoms with Crippen LogP contribution in [0.3, 0.4) is 0 Å². The molecule has 2 fully saturated rings. The van der Waals surface area contributed by atoms with Crippen molar-refractivity contribution in [3.63, 3.8) is 0 Å². The number of likely N-dealkylation sites (tertiary alicyclic amines) is 1. The van der Waals surface area contributed by atoms with E-state index in [9.17, 15) is 10.2 Å². The number of phenols is 1. The third-order valence-electron chi connectivity index (χ3n) is 6.49. The summed E-state index contributed by atoms with van der Waals surface area (Å²) in [5.41, 5.74) is 0.788. The van der Waals surface area contributed by atoms with Crippen LogP contribution in [0.1, 0.15) is 37.0 Å². The average molecular weight is 369 g/mol. The number of halogens is 1. The number of aliphatic hydroxyl groups excluding tert-OH is 1. The molecule has 1 aliphatic carbocycles. The van der Waals surface area contributed by atoms with Gasteiger partial charge in [0.15, 0.2) is 0 Å². The van der Waals surface area contributed by atoms with Crippen LogP contribution in [-0.4, -0.2) is 39.9 Å². The molecule has 2 aromatic rings. The number of phenolic OH excluding ortho intramolecular Hbond substituents is 1. The van der Waals surface area contributed by atoms with Gasteiger partial charge in [0, 0.05) is 25.6 Å². The molecule has 27 heavy (non-hydrogen) atoms. The van der Waals surface area contributed by atoms with Gasteiger partial charge < -0.3 is 10.2 Å². The van der Waals surface area contributed by atoms with Crippen LogP contribution in [-0.2, 0) is 6.42 Å². The Kier molecular flexibility index (Phi) is 4.95. The van der Waals surface area contributed by atoms with E-state index in [1.165, 1.54) is 0 Å². The van der Waals surface area contributed by atoms with Crippen molar-refractivity contribution in [1.82, 2.24) is 4.90 Å². The lowest BCUT2D eigenvalue weighted by atomic mass is 9.93. The predicted octanol–water partition coefficient (Wildman–Crippen LogP) is 4.11. The molecule has 4 heteroatoms. The van der Waals surface area contributed by atoms with E-state index < -0.39 is 11.8 Å². The number of aliphatic hydroxyl groups is 1. The van der Waals surface area contributed by atoms with Crippen molar-refractivity contribution < 1.29 is 14.6 Å². The van der Waals surface area contributed by atoms with Gasteiger partial charge in [-0.3, -0.25) is 4.90 Å². The highest BCUT2D eigenvalue weighted by molar-refractivity contribution is 5.28. The SMILES string of the molecule is CC(C(O)c1ccc(O)cc1)N1C[C@@H]2C[C@@](F)(Cc3ccccc3)C[C@@H]2C1. The maximum absolute atomic E-state index is 15.4. The summed E-state index contributed by atoms with van der Waals surface area (Å²) in [5, 5.41) is 20.1. The van der Waals surface area contributed by atoms with E-state index in [0.717, 1.165) is 24.2 Å². The number of fused-ring (bicyclic) bond motifs is 1. The van der Waals surface area contributed by atoms with Crippen molar-refractivity contribution in [2.24, 2.45) is 11.8 Å². The molecule has 1 aliphatic heterocycles. The second kappa shape index (κ2) is 7.25. The molecule has 0 bridgehead atoms. The molecule has 0 amide bonds. The number of hydrogen-bond acceptors (Lipinski definition) is 3. The molecule has 1 heterocycles. The lowest BCUT2D eigenvalue weighted by Gasteiger charge is -2.31. The first-order valence-corrected chi connectivity index (χ1v) is 9.87. The molecule has 0 spiro atoms. The molecule has 5 atom stereocenters. The smallest absolute Gasteiger partial charge is 0.115 e. The maximum atomic E-state index is 15.4. The zero-order valence-electron chi connectivity index (χ0n) is 15.8. The van der Waals surface area contributed by atoms with E-state index >= 15 is 4.39 Å². The monoisotopic (exact) mass is 369 g/mol. The second-order valence-electron chi connectivity index (χ2n) is 8.47. The first-order valence-electron chi connectivity index (χ1n) is 9.87. The van der Waals surface area contributed by atoms with Crippen LogP contribution in [0, 0.1) is 11.8 Å². The Morgan fingerprint density at radius 2 is 1.63 bits per heavy atom. The van der Waals surface area contributed by atoms with Crippen LogP contribution < -0.4 is 0 Å². The minimum atomic E-state index is -1.10. The van der Waals surface area contributed by atoms with Crippen LogP contribution in [0.4, 0.5) is 4.39 Å². The minimum Gasteiger partial charge on any atom is -0.508 e. The van der Waals surface area contributed by atoms with Crippen LogP contribution in [0.5, 0.6) is 5.75 Å². The summed E-state index contributed by atoms with van der Waals surface area (Å²) in [6, 6.07) is 16.6. The Morgan fingerprint density at radius 3 is 2.22 bits per heavy atom. The number of hydrogen-bond donors (Lipinski definition) is 2. The second-order valence-corrected chi connectivity index (χ2v) is 8.47. The Labute approximate surface area is 160 Å². The van der Waals surface area contributed by atoms with Crippen molar-refractivity contribution in [2.45, 2.75) is 44.0 Å². The van der Waals surface area contributed by atoms with Gasteiger partial charge in [-0.25, -0.2) is 4.39 Å². The fourth-order valence-electron chi connectivity index (χ4n) is 5.05. The van der Waals surface area contributed by atoms with Gasteiger partial charge in [0.25, 0.3) is 0 Å². The van der Waals surface area contributed by atoms with Crippen LogP contribution in [0.15, 0.2) is 54.6 Å². The van der Waals surface area contributed by atoms with E-state index in [1.807, 2.05) is 37.3 Å². The van der Waals surface area contributed by atoms with Crippen molar-refractivity contribution in [3.8, 4) is 5.75 Å². The Morgan fingerprint density at radius 1 is 1.04 bits per heavy atom. The highest BCUT2D eigenvalue weighted by Gasteiger charge is 2.50. The third-order valence-corrected chi connectivity index (χ3v) is 6.49. The number of alkyl halides is 1. The molecular formula is C23H28FNO2. The molecule has 2 aliphatic rings. The van der Waals surface area contributed by atoms with Crippen molar-refractivity contribution in [1.29, 1.82) is 0 Å². The molecular weight excluding hydrogens is 341 g/mol. The van der Waals surface area contributed by atoms with Gasteiger partial charge in [-0.2, -0.15) is 0 Å². The highest BCUT2D eigenvalue weighted by Crippen LogP contribution is 2.48. The van der Waals surface area contributed by atoms with E-state index in [2.05, 4.69) is 4.90 Å². The van der Waals surface area contributed by atoms with E-state index in [0.29, 0.717) is 31.1 Å². The van der Waals surface area contributed by atoms with Gasteiger partial charge in [-0.1, -0.05) is 42.5 Å². The lowest BCUT2D eigenvalue weighted by molar-refractivity contribution is 0.0602. The fourth-order valence-corrected chi connectivity index (χ4v) is 5.05. The molecule has 1 saturated heterocycles. The fraction of sp³-hybridized carbons (Fsp3) is 0.478. The summed E-state index contributed by atoms with van der Waals surface area (Å²) >= 11 is 0. The van der Waals surface area contributed by atoms with Crippen molar-refractivity contribution >= 4 is 0 Å². The van der Waals surface area contributed by atoms with Crippen molar-refractivity contribution in [2.75, 3.05) is 13.1 Å². The van der Waals surface area contributed by atoms with Crippen LogP contribution in [0.25, 0.3) is 0 Å². The van der Waals surface area contributed by atoms with E-state index in [-0.39, 0.29) is 11.8 Å². The Hall–Kier alpha value is -1.91. The summed E-state index contributed by atoms with van der Waals surface area (Å²) in [6.07, 6.45) is 1.13. The summed E-state index contributed by atoms with van der Waals surface area (Å²) in [4.78, 5) is 2.30. The first-order chi connectivity index (χ1) is 12.9. The molecule has 4 rings (SSSR count). The van der Waals surface area contributed by atoms with Gasteiger partial charge in [0.2, 0.25) is 0 Å². The largest absolute Gasteiger partial charge is 0.508 e. The normalized spacial score (nSPS) is 30.2. The lowest BCUT2D eigenvalue weighted by Crippen LogP contribution is -2.37. The van der Waals surface area contributed by atoms with E-state index in [4.69, 9.17) is 0 Å². The van der Waals surface area contributed by atoms with Gasteiger partial charge in [-0.15, -0.1) is 0 Å². The zero-order valence-corrected chi connectivity index (χ0v) is 15.8. The molecule has 2 aromatic carbocycles. The van der Waals surface area contributed by atoms with Gasteiger partial charge >= 0.3 is 0 Å². The number of nitrogens with zero attached hydrogens (tertiary/aromatic N) is 1. The predicted molar refractivity (Wildman–Crippen MR) is 104 cm³/mol. The molecule has 3 nitrogen and oxygen atoms in total. The molecule has 2 unspecified atom stereocenters. The summed E-state index contributed by atoms with van der Waals surface area (Å²) in [6.45, 7) is 3.73. The van der Waals surface area contributed by atoms with Crippen LogP contribution in [0.2, 0.25) is 0 Å². The Balaban J connectivity index is 1.37. The standard InChI is InChI=1S/C23H28FNO2/c1-16(22(27)18-7-9-21(26)10-8-18)25-14-19-12-23(24,13-20(19)15-25)11-17-5-3-2-4-6-17/h2-10,16,19-20,22,26-27H,11-15H2,1H3/t16?,19-,20+,22?,23-. The first kappa shape index (κ1) is 18.5. The highest BCUT2D eigenvalue weighted by atomic mass is 19.1. The molecule has 1 saturated carbocycles. The van der Waals surface area contributed by atoms with Crippen LogP contribution >= 0.6 is 0 Å². The quantitative estimate of drug-likeness (QED) is 0.834. The average Bonchev–Trinajstić information content (AvgIpc) is 3.16.